The van der Waals surface area contributed by atoms with Crippen LogP contribution in [0.25, 0.3) is 0 Å². The van der Waals surface area contributed by atoms with E-state index in [9.17, 15) is 13.2 Å². The monoisotopic (exact) mass is 316 g/mol. The summed E-state index contributed by atoms with van der Waals surface area (Å²) in [6.07, 6.45) is 2.27. The topological polar surface area (TPSA) is 0 Å². The lowest BCUT2D eigenvalue weighted by Gasteiger charge is -2.11. The first-order chi connectivity index (χ1) is 10.0. The Balaban J connectivity index is 2.43. The summed E-state index contributed by atoms with van der Waals surface area (Å²) in [4.78, 5) is -0.435. The van der Waals surface area contributed by atoms with Gasteiger partial charge in [-0.3, -0.25) is 0 Å². The molecule has 4 heteroatoms. The Labute approximate surface area is 129 Å². The van der Waals surface area contributed by atoms with Crippen molar-refractivity contribution < 1.29 is 13.2 Å². The molecule has 1 rings (SSSR count). The van der Waals surface area contributed by atoms with Gasteiger partial charge < -0.3 is 0 Å². The lowest BCUT2D eigenvalue weighted by Crippen LogP contribution is -2.10. The van der Waals surface area contributed by atoms with Crippen molar-refractivity contribution in [3.05, 3.63) is 46.9 Å². The molecule has 0 fully saturated rings. The highest BCUT2D eigenvalue weighted by molar-refractivity contribution is 8.03. The number of allylic oxidation sites excluding steroid dienone is 2. The van der Waals surface area contributed by atoms with Gasteiger partial charge in [-0.15, -0.1) is 11.8 Å². The maximum Gasteiger partial charge on any atom is 0.421 e. The number of thioether (sulfide) groups is 1. The van der Waals surface area contributed by atoms with Gasteiger partial charge in [0.05, 0.1) is 4.91 Å². The molecule has 0 radical (unpaired) electrons. The fourth-order valence-electron chi connectivity index (χ4n) is 1.98. The van der Waals surface area contributed by atoms with Crippen LogP contribution in [0.4, 0.5) is 13.2 Å². The lowest BCUT2D eigenvalue weighted by atomic mass is 10.1. The Hall–Kier alpha value is -0.900. The summed E-state index contributed by atoms with van der Waals surface area (Å²) in [6.45, 7) is 2.10. The summed E-state index contributed by atoms with van der Waals surface area (Å²) in [5, 5.41) is 0. The fourth-order valence-corrected chi connectivity index (χ4v) is 2.95. The van der Waals surface area contributed by atoms with Gasteiger partial charge in [-0.1, -0.05) is 62.6 Å². The standard InChI is InChI=1S/C17H23F3S/c1-2-3-4-8-14-21-16(17(18,19)20)13-9-12-15-10-6-5-7-11-15/h5-7,10-11,13H,2-4,8-9,12,14H2,1H3/b16-13-. The second-order valence-corrected chi connectivity index (χ2v) is 6.14. The van der Waals surface area contributed by atoms with Gasteiger partial charge in [-0.05, 0) is 30.6 Å². The molecule has 0 atom stereocenters. The van der Waals surface area contributed by atoms with Crippen LogP contribution in [-0.4, -0.2) is 11.9 Å². The molecule has 1 aromatic rings. The zero-order valence-electron chi connectivity index (χ0n) is 12.5. The summed E-state index contributed by atoms with van der Waals surface area (Å²) in [6, 6.07) is 9.61. The predicted molar refractivity (Wildman–Crippen MR) is 85.5 cm³/mol. The van der Waals surface area contributed by atoms with Crippen LogP contribution in [0.15, 0.2) is 41.3 Å². The SMILES string of the molecule is CCCCCCS/C(=C\CCc1ccccc1)C(F)(F)F. The molecule has 0 N–H and O–H groups in total. The van der Waals surface area contributed by atoms with Crippen molar-refractivity contribution in [3.63, 3.8) is 0 Å². The maximum absolute atomic E-state index is 12.9. The molecule has 0 aliphatic carbocycles. The zero-order chi connectivity index (χ0) is 15.6. The van der Waals surface area contributed by atoms with Crippen LogP contribution in [0.3, 0.4) is 0 Å². The molecule has 0 nitrogen and oxygen atoms in total. The molecule has 0 spiro atoms. The maximum atomic E-state index is 12.9. The average molecular weight is 316 g/mol. The van der Waals surface area contributed by atoms with E-state index in [4.69, 9.17) is 0 Å². The smallest absolute Gasteiger partial charge is 0.166 e. The first kappa shape index (κ1) is 18.1. The van der Waals surface area contributed by atoms with Crippen LogP contribution in [0.1, 0.15) is 44.6 Å². The van der Waals surface area contributed by atoms with E-state index in [1.807, 2.05) is 30.3 Å². The van der Waals surface area contributed by atoms with E-state index in [-0.39, 0.29) is 0 Å². The van der Waals surface area contributed by atoms with Gasteiger partial charge in [0, 0.05) is 0 Å². The van der Waals surface area contributed by atoms with Crippen molar-refractivity contribution in [1.82, 2.24) is 0 Å². The molecule has 21 heavy (non-hydrogen) atoms. The summed E-state index contributed by atoms with van der Waals surface area (Å²) in [7, 11) is 0. The number of unbranched alkanes of at least 4 members (excludes halogenated alkanes) is 3. The molecule has 0 heterocycles. The van der Waals surface area contributed by atoms with Crippen molar-refractivity contribution in [2.24, 2.45) is 0 Å². The van der Waals surface area contributed by atoms with E-state index >= 15 is 0 Å². The first-order valence-electron chi connectivity index (χ1n) is 7.48. The van der Waals surface area contributed by atoms with Crippen LogP contribution in [0.2, 0.25) is 0 Å². The van der Waals surface area contributed by atoms with Crippen LogP contribution >= 0.6 is 11.8 Å². The van der Waals surface area contributed by atoms with Crippen molar-refractivity contribution in [2.75, 3.05) is 5.75 Å². The molecule has 118 valence electrons. The summed E-state index contributed by atoms with van der Waals surface area (Å²) in [5.41, 5.74) is 1.07. The van der Waals surface area contributed by atoms with E-state index in [2.05, 4.69) is 6.92 Å². The number of benzene rings is 1. The van der Waals surface area contributed by atoms with E-state index in [0.29, 0.717) is 18.6 Å². The fraction of sp³-hybridized carbons (Fsp3) is 0.529. The molecule has 0 bridgehead atoms. The van der Waals surface area contributed by atoms with Crippen molar-refractivity contribution in [2.45, 2.75) is 51.6 Å². The van der Waals surface area contributed by atoms with Crippen molar-refractivity contribution in [3.8, 4) is 0 Å². The van der Waals surface area contributed by atoms with Gasteiger partial charge in [-0.2, -0.15) is 13.2 Å². The highest BCUT2D eigenvalue weighted by Gasteiger charge is 2.33. The molecule has 0 unspecified atom stereocenters. The zero-order valence-corrected chi connectivity index (χ0v) is 13.3. The third kappa shape index (κ3) is 8.20. The first-order valence-corrected chi connectivity index (χ1v) is 8.46. The summed E-state index contributed by atoms with van der Waals surface area (Å²) >= 11 is 0.950. The van der Waals surface area contributed by atoms with Crippen molar-refractivity contribution in [1.29, 1.82) is 0 Å². The minimum atomic E-state index is -4.22. The van der Waals surface area contributed by atoms with E-state index in [1.165, 1.54) is 6.08 Å². The van der Waals surface area contributed by atoms with Gasteiger partial charge in [0.15, 0.2) is 0 Å². The Morgan fingerprint density at radius 1 is 1.10 bits per heavy atom. The summed E-state index contributed by atoms with van der Waals surface area (Å²) < 4.78 is 38.8. The number of halogens is 3. The number of alkyl halides is 3. The molecule has 1 aromatic carbocycles. The highest BCUT2D eigenvalue weighted by atomic mass is 32.2. The minimum Gasteiger partial charge on any atom is -0.166 e. The third-order valence-electron chi connectivity index (χ3n) is 3.14. The van der Waals surface area contributed by atoms with Crippen LogP contribution < -0.4 is 0 Å². The number of rotatable bonds is 9. The molecule has 0 saturated carbocycles. The van der Waals surface area contributed by atoms with Crippen LogP contribution in [0.5, 0.6) is 0 Å². The normalized spacial score (nSPS) is 12.7. The Morgan fingerprint density at radius 3 is 2.43 bits per heavy atom. The average Bonchev–Trinajstić information content (AvgIpc) is 2.45. The van der Waals surface area contributed by atoms with Gasteiger partial charge in [0.1, 0.15) is 0 Å². The summed E-state index contributed by atoms with van der Waals surface area (Å²) in [5.74, 6) is 0.552. The predicted octanol–water partition coefficient (Wildman–Crippen LogP) is 6.38. The number of hydrogen-bond acceptors (Lipinski definition) is 1. The minimum absolute atomic E-state index is 0.431. The largest absolute Gasteiger partial charge is 0.421 e. The van der Waals surface area contributed by atoms with E-state index < -0.39 is 11.1 Å². The molecule has 0 aliphatic heterocycles. The molecule has 0 amide bonds. The second-order valence-electron chi connectivity index (χ2n) is 5.00. The van der Waals surface area contributed by atoms with Crippen LogP contribution in [-0.2, 0) is 6.42 Å². The van der Waals surface area contributed by atoms with Gasteiger partial charge in [0.2, 0.25) is 0 Å². The third-order valence-corrected chi connectivity index (χ3v) is 4.34. The highest BCUT2D eigenvalue weighted by Crippen LogP contribution is 2.35. The Bertz CT molecular complexity index is 410. The van der Waals surface area contributed by atoms with Gasteiger partial charge in [0.25, 0.3) is 0 Å². The molecular weight excluding hydrogens is 293 g/mol. The number of hydrogen-bond donors (Lipinski definition) is 0. The Morgan fingerprint density at radius 2 is 1.81 bits per heavy atom. The van der Waals surface area contributed by atoms with Crippen LogP contribution in [0, 0.1) is 0 Å². The number of aryl methyl sites for hydroxylation is 1. The van der Waals surface area contributed by atoms with E-state index in [1.54, 1.807) is 0 Å². The molecule has 0 aromatic heterocycles. The lowest BCUT2D eigenvalue weighted by molar-refractivity contribution is -0.0838. The quantitative estimate of drug-likeness (QED) is 0.476. The van der Waals surface area contributed by atoms with E-state index in [0.717, 1.165) is 43.0 Å². The van der Waals surface area contributed by atoms with Gasteiger partial charge in [-0.25, -0.2) is 0 Å². The van der Waals surface area contributed by atoms with Crippen molar-refractivity contribution >= 4 is 11.8 Å². The Kier molecular flexibility index (Phi) is 8.58. The molecule has 0 aliphatic rings. The second kappa shape index (κ2) is 9.93. The molecular formula is C17H23F3S. The van der Waals surface area contributed by atoms with Gasteiger partial charge >= 0.3 is 6.18 Å². The molecule has 0 saturated heterocycles.